The van der Waals surface area contributed by atoms with Crippen molar-refractivity contribution in [2.24, 2.45) is 0 Å². The second-order valence-corrected chi connectivity index (χ2v) is 7.38. The van der Waals surface area contributed by atoms with Crippen molar-refractivity contribution in [3.8, 4) is 5.75 Å². The van der Waals surface area contributed by atoms with Crippen LogP contribution in [-0.4, -0.2) is 46.5 Å². The van der Waals surface area contributed by atoms with E-state index in [1.165, 1.54) is 17.0 Å². The van der Waals surface area contributed by atoms with Crippen LogP contribution in [0.1, 0.15) is 6.92 Å². The van der Waals surface area contributed by atoms with E-state index in [2.05, 4.69) is 0 Å². The third-order valence-electron chi connectivity index (χ3n) is 3.54. The van der Waals surface area contributed by atoms with Crippen molar-refractivity contribution < 1.29 is 17.9 Å². The largest absolute Gasteiger partial charge is 0.492 e. The molecule has 0 N–H and O–H groups in total. The van der Waals surface area contributed by atoms with Gasteiger partial charge in [0.2, 0.25) is 5.91 Å². The molecule has 0 saturated heterocycles. The Morgan fingerprint density at radius 2 is 1.60 bits per heavy atom. The fraction of sp³-hybridized carbons (Fsp3) is 0.278. The van der Waals surface area contributed by atoms with E-state index in [1.54, 1.807) is 56.6 Å². The summed E-state index contributed by atoms with van der Waals surface area (Å²) in [7, 11) is -0.743. The summed E-state index contributed by atoms with van der Waals surface area (Å²) in [6.07, 6.45) is 0. The maximum Gasteiger partial charge on any atom is 0.264 e. The molecule has 25 heavy (non-hydrogen) atoms. The molecule has 2 aromatic rings. The summed E-state index contributed by atoms with van der Waals surface area (Å²) in [5, 5.41) is 0. The Morgan fingerprint density at radius 3 is 2.20 bits per heavy atom. The Bertz CT molecular complexity index is 820. The number of likely N-dealkylation sites (N-methyl/N-ethyl adjacent to an activating group) is 1. The van der Waals surface area contributed by atoms with E-state index < -0.39 is 10.0 Å². The molecule has 0 saturated carbocycles. The van der Waals surface area contributed by atoms with Crippen LogP contribution in [0.2, 0.25) is 0 Å². The molecule has 0 aliphatic heterocycles. The SMILES string of the molecule is CCOc1ccccc1N(CC(=O)N(C)C)S(=O)(=O)c1ccccc1. The molecule has 2 aromatic carbocycles. The van der Waals surface area contributed by atoms with E-state index in [0.29, 0.717) is 18.0 Å². The van der Waals surface area contributed by atoms with Crippen molar-refractivity contribution in [1.82, 2.24) is 4.90 Å². The molecule has 1 amide bonds. The number of hydrogen-bond donors (Lipinski definition) is 0. The van der Waals surface area contributed by atoms with Gasteiger partial charge in [-0.25, -0.2) is 8.42 Å². The first kappa shape index (κ1) is 18.8. The maximum absolute atomic E-state index is 13.1. The summed E-state index contributed by atoms with van der Waals surface area (Å²) < 4.78 is 32.9. The highest BCUT2D eigenvalue weighted by atomic mass is 32.2. The van der Waals surface area contributed by atoms with Crippen LogP contribution in [0, 0.1) is 0 Å². The van der Waals surface area contributed by atoms with Crippen molar-refractivity contribution in [3.05, 3.63) is 54.6 Å². The minimum absolute atomic E-state index is 0.118. The fourth-order valence-corrected chi connectivity index (χ4v) is 3.67. The van der Waals surface area contributed by atoms with Gasteiger partial charge in [-0.1, -0.05) is 30.3 Å². The van der Waals surface area contributed by atoms with E-state index in [0.717, 1.165) is 4.31 Å². The fourth-order valence-electron chi connectivity index (χ4n) is 2.22. The van der Waals surface area contributed by atoms with Gasteiger partial charge in [-0.3, -0.25) is 9.10 Å². The molecular formula is C18H22N2O4S. The third kappa shape index (κ3) is 4.30. The third-order valence-corrected chi connectivity index (χ3v) is 5.32. The summed E-state index contributed by atoms with van der Waals surface area (Å²) in [5.74, 6) is 0.0851. The lowest BCUT2D eigenvalue weighted by molar-refractivity contribution is -0.127. The molecule has 0 fully saturated rings. The normalized spacial score (nSPS) is 11.0. The van der Waals surface area contributed by atoms with Crippen molar-refractivity contribution in [2.75, 3.05) is 31.6 Å². The lowest BCUT2D eigenvalue weighted by atomic mass is 10.3. The molecule has 2 rings (SSSR count). The van der Waals surface area contributed by atoms with Crippen molar-refractivity contribution in [3.63, 3.8) is 0 Å². The Hall–Kier alpha value is -2.54. The highest BCUT2D eigenvalue weighted by Crippen LogP contribution is 2.32. The van der Waals surface area contributed by atoms with Gasteiger partial charge in [0.1, 0.15) is 12.3 Å². The minimum Gasteiger partial charge on any atom is -0.492 e. The van der Waals surface area contributed by atoms with E-state index in [1.807, 2.05) is 6.92 Å². The number of sulfonamides is 1. The number of rotatable bonds is 7. The number of ether oxygens (including phenoxy) is 1. The monoisotopic (exact) mass is 362 g/mol. The zero-order valence-corrected chi connectivity index (χ0v) is 15.4. The molecule has 7 heteroatoms. The van der Waals surface area contributed by atoms with Crippen LogP contribution in [-0.2, 0) is 14.8 Å². The average molecular weight is 362 g/mol. The number of amides is 1. The standard InChI is InChI=1S/C18H22N2O4S/c1-4-24-17-13-9-8-12-16(17)20(14-18(21)19(2)3)25(22,23)15-10-6-5-7-11-15/h5-13H,4,14H2,1-3H3. The van der Waals surface area contributed by atoms with Crippen LogP contribution >= 0.6 is 0 Å². The smallest absolute Gasteiger partial charge is 0.264 e. The van der Waals surface area contributed by atoms with Gasteiger partial charge in [-0.05, 0) is 31.2 Å². The summed E-state index contributed by atoms with van der Waals surface area (Å²) in [4.78, 5) is 13.7. The molecule has 0 atom stereocenters. The van der Waals surface area contributed by atoms with Gasteiger partial charge in [0.25, 0.3) is 10.0 Å². The number of hydrogen-bond acceptors (Lipinski definition) is 4. The molecule has 0 spiro atoms. The zero-order chi connectivity index (χ0) is 18.4. The quantitative estimate of drug-likeness (QED) is 0.758. The average Bonchev–Trinajstić information content (AvgIpc) is 2.61. The van der Waals surface area contributed by atoms with E-state index in [9.17, 15) is 13.2 Å². The highest BCUT2D eigenvalue weighted by molar-refractivity contribution is 7.92. The first-order valence-corrected chi connectivity index (χ1v) is 9.31. The van der Waals surface area contributed by atoms with Gasteiger partial charge in [0.05, 0.1) is 17.2 Å². The van der Waals surface area contributed by atoms with Gasteiger partial charge < -0.3 is 9.64 Å². The predicted molar refractivity (Wildman–Crippen MR) is 97.3 cm³/mol. The second kappa shape index (κ2) is 8.02. The molecule has 0 radical (unpaired) electrons. The molecule has 0 bridgehead atoms. The molecule has 6 nitrogen and oxygen atoms in total. The predicted octanol–water partition coefficient (Wildman–Crippen LogP) is 2.37. The van der Waals surface area contributed by atoms with Gasteiger partial charge >= 0.3 is 0 Å². The molecule has 0 aliphatic carbocycles. The number of benzene rings is 2. The Balaban J connectivity index is 2.57. The van der Waals surface area contributed by atoms with Crippen LogP contribution in [0.5, 0.6) is 5.75 Å². The molecule has 0 aliphatic rings. The van der Waals surface area contributed by atoms with Gasteiger partial charge in [-0.2, -0.15) is 0 Å². The number of carbonyl (C=O) groups is 1. The van der Waals surface area contributed by atoms with Crippen LogP contribution in [0.3, 0.4) is 0 Å². The Kier molecular flexibility index (Phi) is 6.03. The van der Waals surface area contributed by atoms with E-state index in [4.69, 9.17) is 4.74 Å². The van der Waals surface area contributed by atoms with Crippen molar-refractivity contribution in [2.45, 2.75) is 11.8 Å². The summed E-state index contributed by atoms with van der Waals surface area (Å²) in [6, 6.07) is 14.8. The maximum atomic E-state index is 13.1. The van der Waals surface area contributed by atoms with Crippen molar-refractivity contribution in [1.29, 1.82) is 0 Å². The lowest BCUT2D eigenvalue weighted by Gasteiger charge is -2.27. The highest BCUT2D eigenvalue weighted by Gasteiger charge is 2.29. The van der Waals surface area contributed by atoms with Crippen LogP contribution in [0.15, 0.2) is 59.5 Å². The molecule has 0 aromatic heterocycles. The first-order valence-electron chi connectivity index (χ1n) is 7.87. The van der Waals surface area contributed by atoms with E-state index in [-0.39, 0.29) is 17.3 Å². The topological polar surface area (TPSA) is 66.9 Å². The first-order chi connectivity index (χ1) is 11.9. The van der Waals surface area contributed by atoms with Crippen LogP contribution in [0.4, 0.5) is 5.69 Å². The molecule has 0 heterocycles. The van der Waals surface area contributed by atoms with Gasteiger partial charge in [0.15, 0.2) is 0 Å². The minimum atomic E-state index is -3.92. The van der Waals surface area contributed by atoms with E-state index >= 15 is 0 Å². The number of anilines is 1. The summed E-state index contributed by atoms with van der Waals surface area (Å²) in [5.41, 5.74) is 0.336. The Morgan fingerprint density at radius 1 is 1.00 bits per heavy atom. The van der Waals surface area contributed by atoms with Gasteiger partial charge in [0, 0.05) is 14.1 Å². The number of para-hydroxylation sites is 2. The van der Waals surface area contributed by atoms with Gasteiger partial charge in [-0.15, -0.1) is 0 Å². The number of nitrogens with zero attached hydrogens (tertiary/aromatic N) is 2. The van der Waals surface area contributed by atoms with Crippen LogP contribution in [0.25, 0.3) is 0 Å². The molecular weight excluding hydrogens is 340 g/mol. The molecule has 0 unspecified atom stereocenters. The summed E-state index contributed by atoms with van der Waals surface area (Å²) >= 11 is 0. The zero-order valence-electron chi connectivity index (χ0n) is 14.5. The second-order valence-electron chi connectivity index (χ2n) is 5.51. The Labute approximate surface area is 148 Å². The summed E-state index contributed by atoms with van der Waals surface area (Å²) in [6.45, 7) is 1.89. The van der Waals surface area contributed by atoms with Crippen molar-refractivity contribution >= 4 is 21.6 Å². The van der Waals surface area contributed by atoms with Crippen LogP contribution < -0.4 is 9.04 Å². The number of carbonyl (C=O) groups excluding carboxylic acids is 1. The molecule has 134 valence electrons. The lowest BCUT2D eigenvalue weighted by Crippen LogP contribution is -2.40.